The van der Waals surface area contributed by atoms with E-state index in [4.69, 9.17) is 0 Å². The number of aldehydes is 2. The minimum absolute atomic E-state index is 0.654. The molecule has 0 unspecified atom stereocenters. The maximum atomic E-state index is 10.4. The number of carbonyl (C=O) groups excluding carboxylic acids is 2. The molecule has 2 nitrogen and oxygen atoms in total. The van der Waals surface area contributed by atoms with E-state index in [0.29, 0.717) is 5.92 Å². The molecule has 0 bridgehead atoms. The monoisotopic (exact) mass is 240 g/mol. The van der Waals surface area contributed by atoms with E-state index >= 15 is 0 Å². The quantitative estimate of drug-likeness (QED) is 0.359. The van der Waals surface area contributed by atoms with Gasteiger partial charge in [0.15, 0.2) is 0 Å². The molecule has 0 saturated heterocycles. The Balaban J connectivity index is 0. The molecule has 0 radical (unpaired) electrons. The van der Waals surface area contributed by atoms with E-state index in [-0.39, 0.29) is 0 Å². The Kier molecular flexibility index (Phi) is 16.4. The highest BCUT2D eigenvalue weighted by molar-refractivity contribution is 5.72. The molecule has 0 aromatic carbocycles. The van der Waals surface area contributed by atoms with Crippen LogP contribution in [0.2, 0.25) is 0 Å². The predicted octanol–water partition coefficient (Wildman–Crippen LogP) is 4.33. The van der Waals surface area contributed by atoms with Crippen LogP contribution in [0, 0.1) is 5.92 Å². The SMILES string of the molecule is CCCC(C=O)=CCC(C)C.CCCCC=O. The molecule has 0 aliphatic rings. The largest absolute Gasteiger partial charge is 0.303 e. The standard InChI is InChI=1S/C10H18O.C5H10O/c1-4-5-10(8-11)7-6-9(2)3;1-2-3-4-5-6/h7-9H,4-6H2,1-3H3;5H,2-4H2,1H3. The molecule has 2 heteroatoms. The number of rotatable bonds is 8. The lowest BCUT2D eigenvalue weighted by atomic mass is 10.1. The summed E-state index contributed by atoms with van der Waals surface area (Å²) in [4.78, 5) is 20.0. The third kappa shape index (κ3) is 17.7. The van der Waals surface area contributed by atoms with Crippen LogP contribution in [0.1, 0.15) is 66.2 Å². The van der Waals surface area contributed by atoms with Crippen molar-refractivity contribution >= 4 is 12.6 Å². The number of carbonyl (C=O) groups is 2. The lowest BCUT2D eigenvalue weighted by Crippen LogP contribution is -1.88. The second kappa shape index (κ2) is 15.1. The van der Waals surface area contributed by atoms with Gasteiger partial charge in [-0.1, -0.05) is 46.6 Å². The summed E-state index contributed by atoms with van der Waals surface area (Å²) in [5.41, 5.74) is 0.959. The predicted molar refractivity (Wildman–Crippen MR) is 74.1 cm³/mol. The van der Waals surface area contributed by atoms with E-state index in [2.05, 4.69) is 33.8 Å². The van der Waals surface area contributed by atoms with Gasteiger partial charge in [-0.2, -0.15) is 0 Å². The maximum Gasteiger partial charge on any atom is 0.145 e. The summed E-state index contributed by atoms with van der Waals surface area (Å²) >= 11 is 0. The molecule has 0 atom stereocenters. The minimum Gasteiger partial charge on any atom is -0.303 e. The normalized spacial score (nSPS) is 10.8. The maximum absolute atomic E-state index is 10.4. The molecule has 100 valence electrons. The first-order valence-electron chi connectivity index (χ1n) is 6.70. The van der Waals surface area contributed by atoms with E-state index < -0.39 is 0 Å². The summed E-state index contributed by atoms with van der Waals surface area (Å²) < 4.78 is 0. The van der Waals surface area contributed by atoms with Crippen molar-refractivity contribution in [3.05, 3.63) is 11.6 Å². The fourth-order valence-corrected chi connectivity index (χ4v) is 1.17. The second-order valence-corrected chi connectivity index (χ2v) is 4.59. The highest BCUT2D eigenvalue weighted by Gasteiger charge is 1.94. The Morgan fingerprint density at radius 3 is 2.06 bits per heavy atom. The molecule has 0 amide bonds. The zero-order valence-corrected chi connectivity index (χ0v) is 11.9. The summed E-state index contributed by atoms with van der Waals surface area (Å²) in [5, 5.41) is 0. The van der Waals surface area contributed by atoms with Gasteiger partial charge in [0.2, 0.25) is 0 Å². The van der Waals surface area contributed by atoms with Crippen molar-refractivity contribution in [2.45, 2.75) is 66.2 Å². The molecule has 0 aliphatic heterocycles. The van der Waals surface area contributed by atoms with Crippen molar-refractivity contribution < 1.29 is 9.59 Å². The van der Waals surface area contributed by atoms with Gasteiger partial charge in [0.05, 0.1) is 0 Å². The number of hydrogen-bond donors (Lipinski definition) is 0. The van der Waals surface area contributed by atoms with Crippen molar-refractivity contribution in [1.29, 1.82) is 0 Å². The van der Waals surface area contributed by atoms with Crippen LogP contribution in [-0.2, 0) is 9.59 Å². The topological polar surface area (TPSA) is 34.1 Å². The molecule has 17 heavy (non-hydrogen) atoms. The lowest BCUT2D eigenvalue weighted by molar-refractivity contribution is -0.108. The van der Waals surface area contributed by atoms with E-state index in [9.17, 15) is 9.59 Å². The van der Waals surface area contributed by atoms with Crippen LogP contribution >= 0.6 is 0 Å². The summed E-state index contributed by atoms with van der Waals surface area (Å²) in [5.74, 6) is 0.654. The van der Waals surface area contributed by atoms with Crippen LogP contribution in [-0.4, -0.2) is 12.6 Å². The smallest absolute Gasteiger partial charge is 0.145 e. The Labute approximate surface area is 106 Å². The molecular weight excluding hydrogens is 212 g/mol. The third-order valence-corrected chi connectivity index (χ3v) is 2.22. The summed E-state index contributed by atoms with van der Waals surface area (Å²) in [6.45, 7) is 8.48. The fourth-order valence-electron chi connectivity index (χ4n) is 1.17. The van der Waals surface area contributed by atoms with Crippen molar-refractivity contribution in [2.24, 2.45) is 5.92 Å². The van der Waals surface area contributed by atoms with Gasteiger partial charge in [-0.05, 0) is 30.8 Å². The fraction of sp³-hybridized carbons (Fsp3) is 0.733. The van der Waals surface area contributed by atoms with Crippen LogP contribution in [0.25, 0.3) is 0 Å². The van der Waals surface area contributed by atoms with Crippen LogP contribution in [0.4, 0.5) is 0 Å². The first kappa shape index (κ1) is 18.4. The molecule has 0 saturated carbocycles. The Morgan fingerprint density at radius 2 is 1.76 bits per heavy atom. The van der Waals surface area contributed by atoms with Gasteiger partial charge in [0.1, 0.15) is 12.6 Å². The van der Waals surface area contributed by atoms with Gasteiger partial charge in [-0.3, -0.25) is 4.79 Å². The minimum atomic E-state index is 0.654. The zero-order chi connectivity index (χ0) is 13.5. The molecule has 0 spiro atoms. The lowest BCUT2D eigenvalue weighted by Gasteiger charge is -1.99. The molecule has 0 aromatic rings. The summed E-state index contributed by atoms with van der Waals surface area (Å²) in [6, 6.07) is 0. The first-order valence-corrected chi connectivity index (χ1v) is 6.70. The van der Waals surface area contributed by atoms with Crippen LogP contribution in [0.3, 0.4) is 0 Å². The van der Waals surface area contributed by atoms with Gasteiger partial charge < -0.3 is 4.79 Å². The number of hydrogen-bond acceptors (Lipinski definition) is 2. The molecule has 0 aromatic heterocycles. The number of unbranched alkanes of at least 4 members (excludes halogenated alkanes) is 2. The van der Waals surface area contributed by atoms with Gasteiger partial charge in [0, 0.05) is 6.42 Å². The molecule has 0 N–H and O–H groups in total. The van der Waals surface area contributed by atoms with E-state index in [1.807, 2.05) is 0 Å². The number of allylic oxidation sites excluding steroid dienone is 2. The van der Waals surface area contributed by atoms with Crippen LogP contribution in [0.5, 0.6) is 0 Å². The van der Waals surface area contributed by atoms with Crippen molar-refractivity contribution in [1.82, 2.24) is 0 Å². The van der Waals surface area contributed by atoms with E-state index in [1.165, 1.54) is 0 Å². The first-order chi connectivity index (χ1) is 8.12. The van der Waals surface area contributed by atoms with Gasteiger partial charge >= 0.3 is 0 Å². The highest BCUT2D eigenvalue weighted by Crippen LogP contribution is 2.07. The van der Waals surface area contributed by atoms with Gasteiger partial charge in [-0.15, -0.1) is 0 Å². The van der Waals surface area contributed by atoms with E-state index in [0.717, 1.165) is 56.7 Å². The highest BCUT2D eigenvalue weighted by atomic mass is 16.1. The van der Waals surface area contributed by atoms with Crippen LogP contribution < -0.4 is 0 Å². The third-order valence-electron chi connectivity index (χ3n) is 2.22. The van der Waals surface area contributed by atoms with Crippen molar-refractivity contribution in [3.63, 3.8) is 0 Å². The van der Waals surface area contributed by atoms with Crippen molar-refractivity contribution in [2.75, 3.05) is 0 Å². The molecule has 0 rings (SSSR count). The van der Waals surface area contributed by atoms with Gasteiger partial charge in [0.25, 0.3) is 0 Å². The van der Waals surface area contributed by atoms with Gasteiger partial charge in [-0.25, -0.2) is 0 Å². The van der Waals surface area contributed by atoms with Crippen molar-refractivity contribution in [3.8, 4) is 0 Å². The Morgan fingerprint density at radius 1 is 1.12 bits per heavy atom. The van der Waals surface area contributed by atoms with Crippen LogP contribution in [0.15, 0.2) is 11.6 Å². The zero-order valence-electron chi connectivity index (χ0n) is 11.9. The molecule has 0 aliphatic carbocycles. The molecule has 0 fully saturated rings. The Hall–Kier alpha value is -0.920. The second-order valence-electron chi connectivity index (χ2n) is 4.59. The summed E-state index contributed by atoms with van der Waals surface area (Å²) in [7, 11) is 0. The van der Waals surface area contributed by atoms with E-state index in [1.54, 1.807) is 0 Å². The molecule has 0 heterocycles. The Bertz CT molecular complexity index is 205. The summed E-state index contributed by atoms with van der Waals surface area (Å²) in [6.07, 6.45) is 9.91. The average Bonchev–Trinajstić information content (AvgIpc) is 2.32. The molecular formula is C15H28O2. The average molecular weight is 240 g/mol.